The highest BCUT2D eigenvalue weighted by molar-refractivity contribution is 5.76. The van der Waals surface area contributed by atoms with E-state index in [1.54, 1.807) is 6.20 Å². The number of carbonyl (C=O) groups is 1. The van der Waals surface area contributed by atoms with Crippen LogP contribution in [0.25, 0.3) is 11.4 Å². The molecule has 0 saturated heterocycles. The van der Waals surface area contributed by atoms with Crippen molar-refractivity contribution in [3.8, 4) is 11.4 Å². The van der Waals surface area contributed by atoms with Crippen LogP contribution in [-0.4, -0.2) is 32.1 Å². The molecule has 0 spiro atoms. The fraction of sp³-hybridized carbons (Fsp3) is 0.368. The highest BCUT2D eigenvalue weighted by atomic mass is 16.5. The Morgan fingerprint density at radius 3 is 2.85 bits per heavy atom. The number of hydrogen-bond donors (Lipinski definition) is 1. The van der Waals surface area contributed by atoms with Gasteiger partial charge in [0.1, 0.15) is 0 Å². The maximum Gasteiger partial charge on any atom is 0.227 e. The van der Waals surface area contributed by atoms with Crippen LogP contribution >= 0.6 is 0 Å². The predicted octanol–water partition coefficient (Wildman–Crippen LogP) is 2.46. The Labute approximate surface area is 151 Å². The fourth-order valence-corrected chi connectivity index (χ4v) is 2.99. The first-order valence-corrected chi connectivity index (χ1v) is 8.83. The van der Waals surface area contributed by atoms with Crippen molar-refractivity contribution in [3.63, 3.8) is 0 Å². The van der Waals surface area contributed by atoms with Gasteiger partial charge >= 0.3 is 0 Å². The zero-order valence-electron chi connectivity index (χ0n) is 14.5. The monoisotopic (exact) mass is 351 g/mol. The van der Waals surface area contributed by atoms with Gasteiger partial charge in [-0.05, 0) is 12.8 Å². The van der Waals surface area contributed by atoms with E-state index in [0.717, 1.165) is 24.9 Å². The molecule has 1 aliphatic rings. The minimum Gasteiger partial charge on any atom is -0.355 e. The Kier molecular flexibility index (Phi) is 4.51. The molecule has 1 fully saturated rings. The molecule has 0 atom stereocenters. The van der Waals surface area contributed by atoms with E-state index in [9.17, 15) is 4.79 Å². The number of amides is 1. The lowest BCUT2D eigenvalue weighted by atomic mass is 10.1. The first-order valence-electron chi connectivity index (χ1n) is 8.83. The second-order valence-corrected chi connectivity index (χ2v) is 6.89. The molecule has 4 rings (SSSR count). The maximum atomic E-state index is 12.1. The summed E-state index contributed by atoms with van der Waals surface area (Å²) in [5, 5.41) is 7.02. The average molecular weight is 351 g/mol. The van der Waals surface area contributed by atoms with Crippen molar-refractivity contribution in [1.29, 1.82) is 0 Å². The summed E-state index contributed by atoms with van der Waals surface area (Å²) in [6.07, 6.45) is 8.62. The van der Waals surface area contributed by atoms with Gasteiger partial charge in [0.2, 0.25) is 17.6 Å². The van der Waals surface area contributed by atoms with Gasteiger partial charge < -0.3 is 14.4 Å². The molecule has 134 valence electrons. The van der Waals surface area contributed by atoms with Gasteiger partial charge in [-0.25, -0.2) is 4.98 Å². The molecule has 2 aromatic heterocycles. The van der Waals surface area contributed by atoms with E-state index in [1.165, 1.54) is 0 Å². The van der Waals surface area contributed by atoms with E-state index in [-0.39, 0.29) is 11.3 Å². The summed E-state index contributed by atoms with van der Waals surface area (Å²) in [6.45, 7) is 1.60. The summed E-state index contributed by atoms with van der Waals surface area (Å²) < 4.78 is 7.32. The van der Waals surface area contributed by atoms with Gasteiger partial charge in [0.15, 0.2) is 0 Å². The van der Waals surface area contributed by atoms with Gasteiger partial charge in [0, 0.05) is 49.3 Å². The Hall–Kier alpha value is -2.96. The Morgan fingerprint density at radius 1 is 1.27 bits per heavy atom. The SMILES string of the molecule is O=C(CCc1nc(-c2ccccc2)no1)NCC1(Cn2ccnc2)CC1. The van der Waals surface area contributed by atoms with Crippen molar-refractivity contribution in [3.05, 3.63) is 54.9 Å². The highest BCUT2D eigenvalue weighted by Crippen LogP contribution is 2.46. The minimum atomic E-state index is 0.0152. The maximum absolute atomic E-state index is 12.1. The molecular formula is C19H21N5O2. The number of carbonyl (C=O) groups excluding carboxylic acids is 1. The number of nitrogens with one attached hydrogen (secondary N) is 1. The molecule has 1 amide bonds. The Balaban J connectivity index is 1.24. The van der Waals surface area contributed by atoms with Gasteiger partial charge in [-0.1, -0.05) is 35.5 Å². The Morgan fingerprint density at radius 2 is 2.12 bits per heavy atom. The summed E-state index contributed by atoms with van der Waals surface area (Å²) in [5.41, 5.74) is 1.09. The number of hydrogen-bond acceptors (Lipinski definition) is 5. The number of imidazole rings is 1. The van der Waals surface area contributed by atoms with Crippen molar-refractivity contribution in [2.75, 3.05) is 6.54 Å². The average Bonchev–Trinajstić information content (AvgIpc) is 3.05. The van der Waals surface area contributed by atoms with Crippen LogP contribution in [0.5, 0.6) is 0 Å². The van der Waals surface area contributed by atoms with Crippen molar-refractivity contribution < 1.29 is 9.32 Å². The van der Waals surface area contributed by atoms with Crippen LogP contribution in [0.2, 0.25) is 0 Å². The quantitative estimate of drug-likeness (QED) is 0.674. The summed E-state index contributed by atoms with van der Waals surface area (Å²) in [7, 11) is 0. The smallest absolute Gasteiger partial charge is 0.227 e. The number of nitrogens with zero attached hydrogens (tertiary/aromatic N) is 4. The molecule has 26 heavy (non-hydrogen) atoms. The van der Waals surface area contributed by atoms with E-state index >= 15 is 0 Å². The third-order valence-electron chi connectivity index (χ3n) is 4.76. The molecule has 0 bridgehead atoms. The van der Waals surface area contributed by atoms with Crippen LogP contribution in [0.15, 0.2) is 53.6 Å². The number of rotatable bonds is 8. The number of aromatic nitrogens is 4. The summed E-state index contributed by atoms with van der Waals surface area (Å²) in [4.78, 5) is 20.6. The van der Waals surface area contributed by atoms with E-state index in [1.807, 2.05) is 42.9 Å². The summed E-state index contributed by atoms with van der Waals surface area (Å²) >= 11 is 0. The van der Waals surface area contributed by atoms with Crippen molar-refractivity contribution >= 4 is 5.91 Å². The molecule has 3 aromatic rings. The molecule has 2 heterocycles. The van der Waals surface area contributed by atoms with Crippen molar-refractivity contribution in [2.45, 2.75) is 32.2 Å². The fourth-order valence-electron chi connectivity index (χ4n) is 2.99. The van der Waals surface area contributed by atoms with Crippen LogP contribution in [0.4, 0.5) is 0 Å². The number of benzene rings is 1. The molecule has 7 nitrogen and oxygen atoms in total. The third kappa shape index (κ3) is 3.99. The molecule has 0 radical (unpaired) electrons. The topological polar surface area (TPSA) is 85.8 Å². The highest BCUT2D eigenvalue weighted by Gasteiger charge is 2.42. The van der Waals surface area contributed by atoms with Crippen molar-refractivity contribution in [1.82, 2.24) is 25.0 Å². The lowest BCUT2D eigenvalue weighted by molar-refractivity contribution is -0.121. The van der Waals surface area contributed by atoms with Crippen molar-refractivity contribution in [2.24, 2.45) is 5.41 Å². The molecule has 1 aliphatic carbocycles. The summed E-state index contributed by atoms with van der Waals surface area (Å²) in [6, 6.07) is 9.65. The largest absolute Gasteiger partial charge is 0.355 e. The first kappa shape index (κ1) is 16.5. The van der Waals surface area contributed by atoms with Crippen LogP contribution in [0.3, 0.4) is 0 Å². The molecule has 1 N–H and O–H groups in total. The van der Waals surface area contributed by atoms with Crippen LogP contribution in [-0.2, 0) is 17.8 Å². The standard InChI is InChI=1S/C19H21N5O2/c25-16(21-12-19(8-9-19)13-24-11-10-20-14-24)6-7-17-22-18(23-26-17)15-4-2-1-3-5-15/h1-5,10-11,14H,6-9,12-13H2,(H,21,25). The molecule has 0 aliphatic heterocycles. The van der Waals surface area contributed by atoms with Gasteiger partial charge in [-0.15, -0.1) is 0 Å². The molecular weight excluding hydrogens is 330 g/mol. The second kappa shape index (κ2) is 7.11. The molecule has 1 aromatic carbocycles. The van der Waals surface area contributed by atoms with E-state index < -0.39 is 0 Å². The minimum absolute atomic E-state index is 0.0152. The molecule has 7 heteroatoms. The van der Waals surface area contributed by atoms with E-state index in [2.05, 4.69) is 25.0 Å². The van der Waals surface area contributed by atoms with Gasteiger partial charge in [0.25, 0.3) is 0 Å². The van der Waals surface area contributed by atoms with E-state index in [4.69, 9.17) is 4.52 Å². The van der Waals surface area contributed by atoms with Crippen LogP contribution in [0, 0.1) is 5.41 Å². The third-order valence-corrected chi connectivity index (χ3v) is 4.76. The van der Waals surface area contributed by atoms with Crippen LogP contribution in [0.1, 0.15) is 25.2 Å². The normalized spacial score (nSPS) is 14.9. The summed E-state index contributed by atoms with van der Waals surface area (Å²) in [5.74, 6) is 1.05. The lowest BCUT2D eigenvalue weighted by Crippen LogP contribution is -2.32. The molecule has 1 saturated carbocycles. The predicted molar refractivity (Wildman–Crippen MR) is 95.0 cm³/mol. The zero-order valence-corrected chi connectivity index (χ0v) is 14.5. The lowest BCUT2D eigenvalue weighted by Gasteiger charge is -2.16. The number of aryl methyl sites for hydroxylation is 1. The molecule has 0 unspecified atom stereocenters. The van der Waals surface area contributed by atoms with Gasteiger partial charge in [-0.3, -0.25) is 4.79 Å². The first-order chi connectivity index (χ1) is 12.7. The Bertz CT molecular complexity index is 853. The van der Waals surface area contributed by atoms with E-state index in [0.29, 0.717) is 31.1 Å². The zero-order chi connectivity index (χ0) is 17.8. The van der Waals surface area contributed by atoms with Gasteiger partial charge in [0.05, 0.1) is 6.33 Å². The second-order valence-electron chi connectivity index (χ2n) is 6.89. The van der Waals surface area contributed by atoms with Crippen LogP contribution < -0.4 is 5.32 Å². The van der Waals surface area contributed by atoms with Gasteiger partial charge in [-0.2, -0.15) is 4.98 Å².